The molecule has 1 saturated heterocycles. The summed E-state index contributed by atoms with van der Waals surface area (Å²) in [6.45, 7) is 0. The smallest absolute Gasteiger partial charge is 0.285 e. The van der Waals surface area contributed by atoms with E-state index in [-0.39, 0.29) is 32.0 Å². The molecule has 2 amide bonds. The van der Waals surface area contributed by atoms with E-state index in [1.807, 2.05) is 0 Å². The van der Waals surface area contributed by atoms with Crippen LogP contribution in [0.25, 0.3) is 6.08 Å². The molecule has 1 fully saturated rings. The summed E-state index contributed by atoms with van der Waals surface area (Å²) < 4.78 is 5.14. The Balaban J connectivity index is 1.79. The highest BCUT2D eigenvalue weighted by atomic mass is 32.2. The predicted molar refractivity (Wildman–Crippen MR) is 110 cm³/mol. The van der Waals surface area contributed by atoms with Crippen LogP contribution in [0.2, 0.25) is 0 Å². The summed E-state index contributed by atoms with van der Waals surface area (Å²) in [6.07, 6.45) is 1.54. The van der Waals surface area contributed by atoms with Gasteiger partial charge in [0.15, 0.2) is 15.8 Å². The monoisotopic (exact) mass is 431 g/mol. The van der Waals surface area contributed by atoms with Crippen molar-refractivity contribution in [2.75, 3.05) is 7.11 Å². The Morgan fingerprint density at radius 2 is 2.10 bits per heavy atom. The molecule has 0 unspecified atom stereocenters. The second-order valence-electron chi connectivity index (χ2n) is 5.70. The first-order chi connectivity index (χ1) is 13.8. The molecule has 0 bridgehead atoms. The number of thioether (sulfide) groups is 1. The van der Waals surface area contributed by atoms with E-state index in [4.69, 9.17) is 17.0 Å². The second-order valence-corrected chi connectivity index (χ2v) is 7.37. The molecule has 1 aliphatic rings. The number of nitro groups is 1. The molecule has 0 atom stereocenters. The minimum absolute atomic E-state index is 0.0144. The Bertz CT molecular complexity index is 1070. The molecule has 9 nitrogen and oxygen atoms in total. The molecule has 1 aliphatic heterocycles. The first kappa shape index (κ1) is 20.3. The molecule has 2 aromatic carbocycles. The van der Waals surface area contributed by atoms with E-state index < -0.39 is 16.7 Å². The number of carbonyl (C=O) groups excluding carboxylic acids is 2. The molecule has 148 valence electrons. The van der Waals surface area contributed by atoms with Gasteiger partial charge in [0.25, 0.3) is 17.5 Å². The van der Waals surface area contributed by atoms with Crippen molar-refractivity contribution in [1.82, 2.24) is 10.4 Å². The van der Waals surface area contributed by atoms with Crippen molar-refractivity contribution < 1.29 is 24.4 Å². The van der Waals surface area contributed by atoms with Crippen molar-refractivity contribution in [3.8, 4) is 11.5 Å². The number of phenols is 1. The topological polar surface area (TPSA) is 122 Å². The predicted octanol–water partition coefficient (Wildman–Crippen LogP) is 2.86. The molecular weight excluding hydrogens is 418 g/mol. The van der Waals surface area contributed by atoms with Crippen molar-refractivity contribution >= 4 is 51.9 Å². The van der Waals surface area contributed by atoms with Crippen LogP contribution in [0.1, 0.15) is 15.9 Å². The van der Waals surface area contributed by atoms with E-state index in [1.54, 1.807) is 18.2 Å². The van der Waals surface area contributed by atoms with E-state index in [1.165, 1.54) is 31.4 Å². The molecule has 0 saturated carbocycles. The molecule has 3 rings (SSSR count). The number of hydrogen-bond donors (Lipinski definition) is 2. The molecule has 2 N–H and O–H groups in total. The Hall–Kier alpha value is -3.44. The van der Waals surface area contributed by atoms with Gasteiger partial charge in [-0.3, -0.25) is 25.1 Å². The number of nitrogens with one attached hydrogen (secondary N) is 1. The lowest BCUT2D eigenvalue weighted by Gasteiger charge is -2.15. The van der Waals surface area contributed by atoms with Crippen molar-refractivity contribution in [3.05, 3.63) is 68.6 Å². The van der Waals surface area contributed by atoms with E-state index in [9.17, 15) is 24.8 Å². The van der Waals surface area contributed by atoms with Gasteiger partial charge in [-0.25, -0.2) is 0 Å². The van der Waals surface area contributed by atoms with Gasteiger partial charge in [0.1, 0.15) is 0 Å². The lowest BCUT2D eigenvalue weighted by atomic mass is 10.2. The van der Waals surface area contributed by atoms with E-state index in [2.05, 4.69) is 5.43 Å². The average molecular weight is 431 g/mol. The van der Waals surface area contributed by atoms with Crippen molar-refractivity contribution in [1.29, 1.82) is 0 Å². The molecule has 1 heterocycles. The van der Waals surface area contributed by atoms with Crippen LogP contribution < -0.4 is 10.2 Å². The summed E-state index contributed by atoms with van der Waals surface area (Å²) in [7, 11) is 1.40. The summed E-state index contributed by atoms with van der Waals surface area (Å²) in [6, 6.07) is 9.68. The summed E-state index contributed by atoms with van der Waals surface area (Å²) in [5, 5.41) is 21.4. The zero-order valence-electron chi connectivity index (χ0n) is 14.8. The molecule has 0 aromatic heterocycles. The molecule has 0 spiro atoms. The first-order valence-electron chi connectivity index (χ1n) is 8.00. The number of methoxy groups -OCH3 is 1. The van der Waals surface area contributed by atoms with Crippen LogP contribution in [0.4, 0.5) is 5.69 Å². The molecule has 0 aliphatic carbocycles. The fourth-order valence-electron chi connectivity index (χ4n) is 2.43. The summed E-state index contributed by atoms with van der Waals surface area (Å²) in [4.78, 5) is 35.5. The van der Waals surface area contributed by atoms with Crippen LogP contribution in [0.5, 0.6) is 11.5 Å². The second kappa shape index (κ2) is 8.29. The average Bonchev–Trinajstić information content (AvgIpc) is 2.96. The van der Waals surface area contributed by atoms with E-state index >= 15 is 0 Å². The number of benzene rings is 2. The van der Waals surface area contributed by atoms with Crippen molar-refractivity contribution in [2.45, 2.75) is 0 Å². The Labute approximate surface area is 174 Å². The van der Waals surface area contributed by atoms with Crippen LogP contribution in [0.15, 0.2) is 47.4 Å². The van der Waals surface area contributed by atoms with Gasteiger partial charge in [-0.15, -0.1) is 0 Å². The van der Waals surface area contributed by atoms with Crippen LogP contribution in [0, 0.1) is 10.1 Å². The SMILES string of the molecule is COc1cc(/C=C2/SC(=S)N(NC(=O)c3cccc([N+](=O)[O-])c3)C2=O)ccc1O. The van der Waals surface area contributed by atoms with Gasteiger partial charge in [-0.1, -0.05) is 23.9 Å². The van der Waals surface area contributed by atoms with Gasteiger partial charge in [0.05, 0.1) is 16.9 Å². The number of nitro benzene ring substituents is 1. The maximum atomic E-state index is 12.6. The number of aromatic hydroxyl groups is 1. The fraction of sp³-hybridized carbons (Fsp3) is 0.0556. The zero-order valence-corrected chi connectivity index (χ0v) is 16.5. The lowest BCUT2D eigenvalue weighted by molar-refractivity contribution is -0.384. The Morgan fingerprint density at radius 1 is 1.34 bits per heavy atom. The zero-order chi connectivity index (χ0) is 21.1. The number of nitrogens with zero attached hydrogens (tertiary/aromatic N) is 2. The quantitative estimate of drug-likeness (QED) is 0.321. The number of ether oxygens (including phenoxy) is 1. The third-order valence-electron chi connectivity index (χ3n) is 3.83. The number of rotatable bonds is 5. The Kier molecular flexibility index (Phi) is 5.80. The Morgan fingerprint density at radius 3 is 2.79 bits per heavy atom. The van der Waals surface area contributed by atoms with E-state index in [0.717, 1.165) is 22.8 Å². The highest BCUT2D eigenvalue weighted by Crippen LogP contribution is 2.33. The summed E-state index contributed by atoms with van der Waals surface area (Å²) in [5.41, 5.74) is 2.72. The van der Waals surface area contributed by atoms with Crippen LogP contribution in [-0.2, 0) is 4.79 Å². The van der Waals surface area contributed by atoms with Gasteiger partial charge in [0, 0.05) is 17.7 Å². The molecular formula is C18H13N3O6S2. The largest absolute Gasteiger partial charge is 0.504 e. The number of non-ortho nitro benzene ring substituents is 1. The number of hydrogen-bond acceptors (Lipinski definition) is 8. The number of phenolic OH excluding ortho intramolecular Hbond substituents is 1. The molecule has 0 radical (unpaired) electrons. The van der Waals surface area contributed by atoms with Crippen LogP contribution in [-0.4, -0.2) is 38.3 Å². The normalized spacial score (nSPS) is 14.9. The van der Waals surface area contributed by atoms with Gasteiger partial charge in [-0.05, 0) is 42.1 Å². The molecule has 11 heteroatoms. The van der Waals surface area contributed by atoms with Gasteiger partial charge in [0.2, 0.25) is 0 Å². The van der Waals surface area contributed by atoms with Gasteiger partial charge in [-0.2, -0.15) is 5.01 Å². The minimum Gasteiger partial charge on any atom is -0.504 e. The van der Waals surface area contributed by atoms with Crippen LogP contribution in [0.3, 0.4) is 0 Å². The molecule has 29 heavy (non-hydrogen) atoms. The summed E-state index contributed by atoms with van der Waals surface area (Å²) in [5.74, 6) is -1.06. The number of amides is 2. The minimum atomic E-state index is -0.711. The molecule has 2 aromatic rings. The highest BCUT2D eigenvalue weighted by molar-refractivity contribution is 8.26. The van der Waals surface area contributed by atoms with Gasteiger partial charge < -0.3 is 9.84 Å². The highest BCUT2D eigenvalue weighted by Gasteiger charge is 2.34. The van der Waals surface area contributed by atoms with Crippen molar-refractivity contribution in [2.24, 2.45) is 0 Å². The number of thiocarbonyl (C=S) groups is 1. The maximum Gasteiger partial charge on any atom is 0.285 e. The fourth-order valence-corrected chi connectivity index (χ4v) is 3.61. The number of hydrazine groups is 1. The van der Waals surface area contributed by atoms with E-state index in [0.29, 0.717) is 5.56 Å². The lowest BCUT2D eigenvalue weighted by Crippen LogP contribution is -2.44. The van der Waals surface area contributed by atoms with Gasteiger partial charge >= 0.3 is 0 Å². The van der Waals surface area contributed by atoms with Crippen LogP contribution >= 0.6 is 24.0 Å². The first-order valence-corrected chi connectivity index (χ1v) is 9.23. The third-order valence-corrected chi connectivity index (χ3v) is 5.13. The van der Waals surface area contributed by atoms with Crippen molar-refractivity contribution in [3.63, 3.8) is 0 Å². The third kappa shape index (κ3) is 4.36. The standard InChI is InChI=1S/C18H13N3O6S2/c1-27-14-7-10(5-6-13(14)22)8-15-17(24)20(18(28)29-15)19-16(23)11-3-2-4-12(9-11)21(25)26/h2-9,22H,1H3,(H,19,23)/b15-8+. The maximum absolute atomic E-state index is 12.6. The number of carbonyl (C=O) groups is 2. The summed E-state index contributed by atoms with van der Waals surface area (Å²) >= 11 is 6.14.